The van der Waals surface area contributed by atoms with Gasteiger partial charge in [-0.05, 0) is 13.0 Å². The third kappa shape index (κ3) is 2.16. The van der Waals surface area contributed by atoms with Gasteiger partial charge in [-0.15, -0.1) is 0 Å². The Balaban J connectivity index is 2.71. The van der Waals surface area contributed by atoms with Crippen molar-refractivity contribution in [3.05, 3.63) is 30.9 Å². The van der Waals surface area contributed by atoms with Crippen LogP contribution in [0.4, 0.5) is 5.69 Å². The summed E-state index contributed by atoms with van der Waals surface area (Å²) in [4.78, 5) is 18.6. The van der Waals surface area contributed by atoms with Crippen LogP contribution in [0.1, 0.15) is 5.82 Å². The zero-order valence-electron chi connectivity index (χ0n) is 6.74. The SMILES string of the molecule is C=CC(=O)Nc1cnc(C)nc1. The molecule has 0 radical (unpaired) electrons. The van der Waals surface area contributed by atoms with Crippen molar-refractivity contribution in [2.75, 3.05) is 5.32 Å². The Morgan fingerprint density at radius 3 is 2.67 bits per heavy atom. The lowest BCUT2D eigenvalue weighted by Gasteiger charge is -1.99. The maximum Gasteiger partial charge on any atom is 0.247 e. The lowest BCUT2D eigenvalue weighted by atomic mass is 10.5. The zero-order valence-corrected chi connectivity index (χ0v) is 6.74. The van der Waals surface area contributed by atoms with Crippen LogP contribution in [0.5, 0.6) is 0 Å². The quantitative estimate of drug-likeness (QED) is 0.659. The van der Waals surface area contributed by atoms with Crippen molar-refractivity contribution in [3.8, 4) is 0 Å². The molecule has 0 bridgehead atoms. The van der Waals surface area contributed by atoms with Gasteiger partial charge in [-0.3, -0.25) is 4.79 Å². The van der Waals surface area contributed by atoms with E-state index in [-0.39, 0.29) is 5.91 Å². The van der Waals surface area contributed by atoms with Crippen molar-refractivity contribution in [2.45, 2.75) is 6.92 Å². The smallest absolute Gasteiger partial charge is 0.247 e. The molecule has 0 fully saturated rings. The van der Waals surface area contributed by atoms with Crippen molar-refractivity contribution in [1.29, 1.82) is 0 Å². The number of aromatic nitrogens is 2. The Bertz CT molecular complexity index is 292. The monoisotopic (exact) mass is 163 g/mol. The lowest BCUT2D eigenvalue weighted by molar-refractivity contribution is -0.111. The van der Waals surface area contributed by atoms with Gasteiger partial charge in [-0.25, -0.2) is 9.97 Å². The molecule has 0 aliphatic heterocycles. The summed E-state index contributed by atoms with van der Waals surface area (Å²) in [5, 5.41) is 2.54. The fourth-order valence-electron chi connectivity index (χ4n) is 0.650. The van der Waals surface area contributed by atoms with Crippen LogP contribution in [-0.2, 0) is 4.79 Å². The average Bonchev–Trinajstić information content (AvgIpc) is 2.09. The Hall–Kier alpha value is -1.71. The highest BCUT2D eigenvalue weighted by Gasteiger charge is 1.96. The van der Waals surface area contributed by atoms with Crippen LogP contribution < -0.4 is 5.32 Å². The second kappa shape index (κ2) is 3.61. The van der Waals surface area contributed by atoms with Gasteiger partial charge in [-0.1, -0.05) is 6.58 Å². The van der Waals surface area contributed by atoms with Gasteiger partial charge in [0.15, 0.2) is 0 Å². The molecule has 12 heavy (non-hydrogen) atoms. The van der Waals surface area contributed by atoms with Crippen LogP contribution in [0.2, 0.25) is 0 Å². The molecule has 4 heteroatoms. The van der Waals surface area contributed by atoms with E-state index in [1.807, 2.05) is 0 Å². The van der Waals surface area contributed by atoms with Gasteiger partial charge in [0.1, 0.15) is 5.82 Å². The van der Waals surface area contributed by atoms with Crippen molar-refractivity contribution >= 4 is 11.6 Å². The average molecular weight is 163 g/mol. The minimum atomic E-state index is -0.262. The Morgan fingerprint density at radius 1 is 1.58 bits per heavy atom. The van der Waals surface area contributed by atoms with E-state index in [9.17, 15) is 4.79 Å². The predicted octanol–water partition coefficient (Wildman–Crippen LogP) is 0.910. The Morgan fingerprint density at radius 2 is 2.17 bits per heavy atom. The third-order valence-electron chi connectivity index (χ3n) is 1.23. The molecule has 0 aliphatic rings. The van der Waals surface area contributed by atoms with E-state index in [1.165, 1.54) is 6.08 Å². The van der Waals surface area contributed by atoms with Crippen LogP contribution in [-0.4, -0.2) is 15.9 Å². The molecule has 0 atom stereocenters. The molecule has 4 nitrogen and oxygen atoms in total. The zero-order chi connectivity index (χ0) is 8.97. The number of nitrogens with one attached hydrogen (secondary N) is 1. The summed E-state index contributed by atoms with van der Waals surface area (Å²) < 4.78 is 0. The summed E-state index contributed by atoms with van der Waals surface area (Å²) >= 11 is 0. The molecule has 1 amide bonds. The van der Waals surface area contributed by atoms with Gasteiger partial charge in [0.2, 0.25) is 5.91 Å². The number of nitrogens with zero attached hydrogens (tertiary/aromatic N) is 2. The fourth-order valence-corrected chi connectivity index (χ4v) is 0.650. The molecular weight excluding hydrogens is 154 g/mol. The van der Waals surface area contributed by atoms with E-state index in [0.29, 0.717) is 11.5 Å². The maximum absolute atomic E-state index is 10.8. The van der Waals surface area contributed by atoms with Crippen molar-refractivity contribution in [2.24, 2.45) is 0 Å². The highest BCUT2D eigenvalue weighted by Crippen LogP contribution is 2.01. The topological polar surface area (TPSA) is 54.9 Å². The summed E-state index contributed by atoms with van der Waals surface area (Å²) in [6.07, 6.45) is 4.29. The van der Waals surface area contributed by atoms with E-state index in [4.69, 9.17) is 0 Å². The third-order valence-corrected chi connectivity index (χ3v) is 1.23. The highest BCUT2D eigenvalue weighted by atomic mass is 16.1. The summed E-state index contributed by atoms with van der Waals surface area (Å²) in [5.74, 6) is 0.411. The second-order valence-electron chi connectivity index (χ2n) is 2.21. The van der Waals surface area contributed by atoms with E-state index in [1.54, 1.807) is 19.3 Å². The number of aryl methyl sites for hydroxylation is 1. The number of hydrogen-bond donors (Lipinski definition) is 1. The van der Waals surface area contributed by atoms with Gasteiger partial charge in [-0.2, -0.15) is 0 Å². The van der Waals surface area contributed by atoms with Gasteiger partial charge in [0.05, 0.1) is 18.1 Å². The first-order valence-electron chi connectivity index (χ1n) is 3.44. The molecule has 0 spiro atoms. The number of carbonyl (C=O) groups is 1. The number of carbonyl (C=O) groups excluding carboxylic acids is 1. The molecule has 0 aliphatic carbocycles. The largest absolute Gasteiger partial charge is 0.320 e. The molecule has 1 aromatic rings. The molecule has 1 N–H and O–H groups in total. The Kier molecular flexibility index (Phi) is 2.53. The first-order valence-corrected chi connectivity index (χ1v) is 3.44. The molecule has 1 rings (SSSR count). The van der Waals surface area contributed by atoms with E-state index < -0.39 is 0 Å². The van der Waals surface area contributed by atoms with E-state index in [0.717, 1.165) is 0 Å². The van der Waals surface area contributed by atoms with Crippen molar-refractivity contribution < 1.29 is 4.79 Å². The molecule has 0 aromatic carbocycles. The van der Waals surface area contributed by atoms with Crippen LogP contribution in [0.3, 0.4) is 0 Å². The highest BCUT2D eigenvalue weighted by molar-refractivity contribution is 5.98. The van der Waals surface area contributed by atoms with Crippen LogP contribution >= 0.6 is 0 Å². The van der Waals surface area contributed by atoms with Gasteiger partial charge in [0.25, 0.3) is 0 Å². The fraction of sp³-hybridized carbons (Fsp3) is 0.125. The van der Waals surface area contributed by atoms with Crippen LogP contribution in [0.15, 0.2) is 25.0 Å². The minimum absolute atomic E-state index is 0.262. The summed E-state index contributed by atoms with van der Waals surface area (Å²) in [6.45, 7) is 5.10. The molecular formula is C8H9N3O. The molecule has 1 heterocycles. The summed E-state index contributed by atoms with van der Waals surface area (Å²) in [7, 11) is 0. The van der Waals surface area contributed by atoms with Gasteiger partial charge in [0, 0.05) is 0 Å². The van der Waals surface area contributed by atoms with E-state index >= 15 is 0 Å². The standard InChI is InChI=1S/C8H9N3O/c1-3-8(12)11-7-4-9-6(2)10-5-7/h3-5H,1H2,2H3,(H,11,12). The second-order valence-corrected chi connectivity index (χ2v) is 2.21. The molecule has 0 unspecified atom stereocenters. The van der Waals surface area contributed by atoms with Crippen molar-refractivity contribution in [1.82, 2.24) is 9.97 Å². The number of anilines is 1. The first kappa shape index (κ1) is 8.39. The summed E-state index contributed by atoms with van der Waals surface area (Å²) in [5.41, 5.74) is 0.575. The molecule has 0 saturated carbocycles. The lowest BCUT2D eigenvalue weighted by Crippen LogP contribution is -2.07. The minimum Gasteiger partial charge on any atom is -0.320 e. The molecule has 1 aromatic heterocycles. The number of rotatable bonds is 2. The van der Waals surface area contributed by atoms with Gasteiger partial charge >= 0.3 is 0 Å². The molecule has 0 saturated heterocycles. The van der Waals surface area contributed by atoms with Crippen LogP contribution in [0, 0.1) is 6.92 Å². The normalized spacial score (nSPS) is 9.08. The van der Waals surface area contributed by atoms with E-state index in [2.05, 4.69) is 21.9 Å². The first-order chi connectivity index (χ1) is 5.72. The van der Waals surface area contributed by atoms with Gasteiger partial charge < -0.3 is 5.32 Å². The predicted molar refractivity (Wildman–Crippen MR) is 45.6 cm³/mol. The Labute approximate surface area is 70.4 Å². The number of amides is 1. The molecule has 62 valence electrons. The van der Waals surface area contributed by atoms with Crippen LogP contribution in [0.25, 0.3) is 0 Å². The summed E-state index contributed by atoms with van der Waals surface area (Å²) in [6, 6.07) is 0. The maximum atomic E-state index is 10.8. The van der Waals surface area contributed by atoms with Crippen molar-refractivity contribution in [3.63, 3.8) is 0 Å². The number of hydrogen-bond acceptors (Lipinski definition) is 3.